The van der Waals surface area contributed by atoms with E-state index in [4.69, 9.17) is 4.52 Å². The molecule has 3 aromatic rings. The van der Waals surface area contributed by atoms with Gasteiger partial charge in [-0.2, -0.15) is 5.10 Å². The van der Waals surface area contributed by atoms with Gasteiger partial charge in [0, 0.05) is 43.7 Å². The smallest absolute Gasteiger partial charge is 0.255 e. The maximum atomic E-state index is 13.1. The van der Waals surface area contributed by atoms with Gasteiger partial charge in [0.05, 0.1) is 29.7 Å². The van der Waals surface area contributed by atoms with E-state index in [9.17, 15) is 4.79 Å². The number of rotatable bonds is 4. The van der Waals surface area contributed by atoms with Gasteiger partial charge in [-0.3, -0.25) is 9.69 Å². The van der Waals surface area contributed by atoms with Crippen LogP contribution in [0.5, 0.6) is 0 Å². The summed E-state index contributed by atoms with van der Waals surface area (Å²) in [6.07, 6.45) is 1.79. The lowest BCUT2D eigenvalue weighted by Crippen LogP contribution is -2.48. The first kappa shape index (κ1) is 18.6. The number of aryl methyl sites for hydroxylation is 2. The molecule has 8 heteroatoms. The van der Waals surface area contributed by atoms with Gasteiger partial charge in [0.15, 0.2) is 11.4 Å². The van der Waals surface area contributed by atoms with Crippen LogP contribution >= 0.6 is 0 Å². The molecule has 0 saturated carbocycles. The third-order valence-electron chi connectivity index (χ3n) is 5.19. The quantitative estimate of drug-likeness (QED) is 0.690. The van der Waals surface area contributed by atoms with E-state index in [0.717, 1.165) is 47.8 Å². The van der Waals surface area contributed by atoms with Gasteiger partial charge in [0.1, 0.15) is 0 Å². The van der Waals surface area contributed by atoms with E-state index in [0.29, 0.717) is 18.7 Å². The molecule has 4 heterocycles. The van der Waals surface area contributed by atoms with E-state index in [1.54, 1.807) is 6.20 Å². The maximum absolute atomic E-state index is 13.1. The number of hydrogen-bond donors (Lipinski definition) is 0. The molecule has 1 saturated heterocycles. The summed E-state index contributed by atoms with van der Waals surface area (Å²) in [6, 6.07) is 4.11. The van der Waals surface area contributed by atoms with Crippen LogP contribution in [0.4, 0.5) is 0 Å². The molecule has 1 fully saturated rings. The summed E-state index contributed by atoms with van der Waals surface area (Å²) in [7, 11) is 0. The molecule has 1 amide bonds. The van der Waals surface area contributed by atoms with Crippen molar-refractivity contribution in [1.82, 2.24) is 29.7 Å². The number of carbonyl (C=O) groups is 1. The average molecular weight is 382 g/mol. The van der Waals surface area contributed by atoms with Crippen molar-refractivity contribution in [3.63, 3.8) is 0 Å². The van der Waals surface area contributed by atoms with E-state index in [2.05, 4.69) is 34.0 Å². The van der Waals surface area contributed by atoms with Crippen molar-refractivity contribution in [3.05, 3.63) is 41.0 Å². The topological polar surface area (TPSA) is 80.3 Å². The van der Waals surface area contributed by atoms with Gasteiger partial charge in [-0.25, -0.2) is 9.67 Å². The Hall–Kier alpha value is -2.74. The molecule has 0 aliphatic carbocycles. The molecule has 1 aliphatic rings. The van der Waals surface area contributed by atoms with Gasteiger partial charge < -0.3 is 9.42 Å². The van der Waals surface area contributed by atoms with Crippen LogP contribution in [0.15, 0.2) is 22.9 Å². The first-order valence-corrected chi connectivity index (χ1v) is 9.71. The van der Waals surface area contributed by atoms with Gasteiger partial charge in [0.2, 0.25) is 0 Å². The second kappa shape index (κ2) is 7.35. The highest BCUT2D eigenvalue weighted by atomic mass is 16.5. The number of aromatic nitrogens is 4. The normalized spacial score (nSPS) is 15.7. The minimum absolute atomic E-state index is 0.0411. The highest BCUT2D eigenvalue weighted by Gasteiger charge is 2.25. The summed E-state index contributed by atoms with van der Waals surface area (Å²) in [5, 5.41) is 9.25. The van der Waals surface area contributed by atoms with Crippen LogP contribution in [0.25, 0.3) is 11.0 Å². The van der Waals surface area contributed by atoms with E-state index in [-0.39, 0.29) is 11.9 Å². The largest absolute Gasteiger partial charge is 0.360 e. The fourth-order valence-corrected chi connectivity index (χ4v) is 3.65. The third kappa shape index (κ3) is 3.52. The molecule has 0 atom stereocenters. The first-order valence-electron chi connectivity index (χ1n) is 9.71. The summed E-state index contributed by atoms with van der Waals surface area (Å²) >= 11 is 0. The van der Waals surface area contributed by atoms with Crippen molar-refractivity contribution >= 4 is 16.9 Å². The van der Waals surface area contributed by atoms with Gasteiger partial charge in [-0.1, -0.05) is 5.16 Å². The first-order chi connectivity index (χ1) is 13.4. The Kier molecular flexibility index (Phi) is 4.89. The SMILES string of the molecule is Cc1cc(CN2CCN(C(=O)c3cc4cnn(C(C)C)c4nc3C)CC2)on1. The molecule has 3 aromatic heterocycles. The van der Waals surface area contributed by atoms with Crippen LogP contribution in [0.1, 0.15) is 47.4 Å². The van der Waals surface area contributed by atoms with Crippen molar-refractivity contribution in [2.24, 2.45) is 0 Å². The monoisotopic (exact) mass is 382 g/mol. The zero-order chi connectivity index (χ0) is 19.8. The second-order valence-corrected chi connectivity index (χ2v) is 7.72. The summed E-state index contributed by atoms with van der Waals surface area (Å²) < 4.78 is 7.19. The van der Waals surface area contributed by atoms with Crippen LogP contribution in [-0.4, -0.2) is 61.8 Å². The van der Waals surface area contributed by atoms with E-state index >= 15 is 0 Å². The standard InChI is InChI=1S/C20H26N6O2/c1-13(2)26-19-16(11-21-26)10-18(15(4)22-19)20(27)25-7-5-24(6-8-25)12-17-9-14(3)23-28-17/h9-11,13H,5-8,12H2,1-4H3. The van der Waals surface area contributed by atoms with E-state index in [1.807, 2.05) is 35.6 Å². The lowest BCUT2D eigenvalue weighted by atomic mass is 10.1. The maximum Gasteiger partial charge on any atom is 0.255 e. The summed E-state index contributed by atoms with van der Waals surface area (Å²) in [5.41, 5.74) is 3.13. The molecule has 0 spiro atoms. The lowest BCUT2D eigenvalue weighted by Gasteiger charge is -2.34. The van der Waals surface area contributed by atoms with Crippen molar-refractivity contribution in [2.75, 3.05) is 26.2 Å². The number of pyridine rings is 1. The highest BCUT2D eigenvalue weighted by Crippen LogP contribution is 2.21. The molecular formula is C20H26N6O2. The molecule has 0 aromatic carbocycles. The fourth-order valence-electron chi connectivity index (χ4n) is 3.65. The molecule has 0 N–H and O–H groups in total. The van der Waals surface area contributed by atoms with E-state index in [1.165, 1.54) is 0 Å². The minimum atomic E-state index is 0.0411. The third-order valence-corrected chi connectivity index (χ3v) is 5.19. The van der Waals surface area contributed by atoms with Crippen molar-refractivity contribution < 1.29 is 9.32 Å². The van der Waals surface area contributed by atoms with Crippen LogP contribution in [0.2, 0.25) is 0 Å². The molecule has 4 rings (SSSR count). The number of piperazine rings is 1. The Morgan fingerprint density at radius 1 is 1.18 bits per heavy atom. The van der Waals surface area contributed by atoms with Gasteiger partial charge in [0.25, 0.3) is 5.91 Å². The Labute approximate surface area is 164 Å². The molecule has 8 nitrogen and oxygen atoms in total. The second-order valence-electron chi connectivity index (χ2n) is 7.72. The molecular weight excluding hydrogens is 356 g/mol. The van der Waals surface area contributed by atoms with Crippen molar-refractivity contribution in [2.45, 2.75) is 40.3 Å². The highest BCUT2D eigenvalue weighted by molar-refractivity contribution is 5.98. The molecule has 0 radical (unpaired) electrons. The van der Waals surface area contributed by atoms with Gasteiger partial charge >= 0.3 is 0 Å². The molecule has 0 bridgehead atoms. The molecule has 1 aliphatic heterocycles. The number of nitrogens with zero attached hydrogens (tertiary/aromatic N) is 6. The predicted molar refractivity (Wildman–Crippen MR) is 105 cm³/mol. The molecule has 148 valence electrons. The zero-order valence-electron chi connectivity index (χ0n) is 16.8. The van der Waals surface area contributed by atoms with Crippen molar-refractivity contribution in [3.8, 4) is 0 Å². The van der Waals surface area contributed by atoms with Crippen LogP contribution in [0, 0.1) is 13.8 Å². The Bertz CT molecular complexity index is 997. The average Bonchev–Trinajstić information content (AvgIpc) is 3.26. The fraction of sp³-hybridized carbons (Fsp3) is 0.500. The Morgan fingerprint density at radius 3 is 2.57 bits per heavy atom. The number of fused-ring (bicyclic) bond motifs is 1. The molecule has 28 heavy (non-hydrogen) atoms. The van der Waals surface area contributed by atoms with Gasteiger partial charge in [-0.05, 0) is 33.8 Å². The lowest BCUT2D eigenvalue weighted by molar-refractivity contribution is 0.0616. The predicted octanol–water partition coefficient (Wildman–Crippen LogP) is 2.58. The number of hydrogen-bond acceptors (Lipinski definition) is 6. The zero-order valence-corrected chi connectivity index (χ0v) is 16.8. The number of carbonyl (C=O) groups excluding carboxylic acids is 1. The minimum Gasteiger partial charge on any atom is -0.360 e. The van der Waals surface area contributed by atoms with E-state index < -0.39 is 0 Å². The summed E-state index contributed by atoms with van der Waals surface area (Å²) in [5.74, 6) is 0.907. The van der Waals surface area contributed by atoms with Gasteiger partial charge in [-0.15, -0.1) is 0 Å². The number of amides is 1. The molecule has 0 unspecified atom stereocenters. The Balaban J connectivity index is 1.45. The van der Waals surface area contributed by atoms with Crippen molar-refractivity contribution in [1.29, 1.82) is 0 Å². The van der Waals surface area contributed by atoms with Crippen LogP contribution in [0.3, 0.4) is 0 Å². The van der Waals surface area contributed by atoms with Crippen LogP contribution < -0.4 is 0 Å². The van der Waals surface area contributed by atoms with Crippen LogP contribution in [-0.2, 0) is 6.54 Å². The summed E-state index contributed by atoms with van der Waals surface area (Å²) in [6.45, 7) is 11.7. The Morgan fingerprint density at radius 2 is 1.93 bits per heavy atom. The summed E-state index contributed by atoms with van der Waals surface area (Å²) in [4.78, 5) is 21.9.